The van der Waals surface area contributed by atoms with Crippen molar-refractivity contribution in [2.24, 2.45) is 0 Å². The van der Waals surface area contributed by atoms with E-state index in [9.17, 15) is 9.59 Å². The summed E-state index contributed by atoms with van der Waals surface area (Å²) in [5.41, 5.74) is 0.858. The van der Waals surface area contributed by atoms with Gasteiger partial charge in [0.15, 0.2) is 5.43 Å². The average Bonchev–Trinajstić information content (AvgIpc) is 2.59. The van der Waals surface area contributed by atoms with Crippen molar-refractivity contribution in [2.45, 2.75) is 0 Å². The summed E-state index contributed by atoms with van der Waals surface area (Å²) in [6, 6.07) is 4.40. The lowest BCUT2D eigenvalue weighted by atomic mass is 10.3. The first-order chi connectivity index (χ1) is 6.70. The Morgan fingerprint density at radius 3 is 3.00 bits per heavy atom. The smallest absolute Gasteiger partial charge is 0.356 e. The maximum absolute atomic E-state index is 11.1. The van der Waals surface area contributed by atoms with Crippen molar-refractivity contribution >= 4 is 11.5 Å². The van der Waals surface area contributed by atoms with E-state index in [1.165, 1.54) is 19.2 Å². The Balaban J connectivity index is 2.62. The number of nitrogens with zero attached hydrogens (tertiary/aromatic N) is 1. The maximum atomic E-state index is 11.1. The average molecular weight is 192 g/mol. The molecule has 0 unspecified atom stereocenters. The minimum absolute atomic E-state index is 0.0968. The van der Waals surface area contributed by atoms with E-state index in [1.54, 1.807) is 16.8 Å². The third-order valence-corrected chi connectivity index (χ3v) is 1.89. The topological polar surface area (TPSA) is 63.6 Å². The van der Waals surface area contributed by atoms with Gasteiger partial charge >= 0.3 is 5.97 Å². The molecule has 2 aromatic heterocycles. The lowest BCUT2D eigenvalue weighted by Crippen LogP contribution is -2.02. The molecule has 0 saturated carbocycles. The van der Waals surface area contributed by atoms with E-state index in [4.69, 9.17) is 0 Å². The number of ether oxygens (including phenoxy) is 1. The van der Waals surface area contributed by atoms with Crippen molar-refractivity contribution in [3.05, 3.63) is 40.3 Å². The molecule has 0 aliphatic carbocycles. The molecule has 0 aromatic carbocycles. The van der Waals surface area contributed by atoms with Crippen LogP contribution in [0.15, 0.2) is 29.2 Å². The molecule has 0 amide bonds. The highest BCUT2D eigenvalue weighted by Crippen LogP contribution is 2.04. The highest BCUT2D eigenvalue weighted by Gasteiger charge is 2.08. The van der Waals surface area contributed by atoms with E-state index in [0.29, 0.717) is 11.2 Å². The highest BCUT2D eigenvalue weighted by molar-refractivity contribution is 5.88. The van der Waals surface area contributed by atoms with Gasteiger partial charge in [0.2, 0.25) is 0 Å². The second-order valence-electron chi connectivity index (χ2n) is 2.82. The van der Waals surface area contributed by atoms with Crippen molar-refractivity contribution in [3.63, 3.8) is 0 Å². The van der Waals surface area contributed by atoms with E-state index >= 15 is 0 Å². The summed E-state index contributed by atoms with van der Waals surface area (Å²) >= 11 is 0. The number of hydrogen-bond donors (Lipinski definition) is 1. The molecule has 2 aromatic rings. The Kier molecular flexibility index (Phi) is 1.85. The molecule has 14 heavy (non-hydrogen) atoms. The van der Waals surface area contributed by atoms with Crippen LogP contribution in [0, 0.1) is 0 Å². The largest absolute Gasteiger partial charge is 0.464 e. The van der Waals surface area contributed by atoms with Gasteiger partial charge in [-0.05, 0) is 6.07 Å². The second kappa shape index (κ2) is 3.02. The van der Waals surface area contributed by atoms with Crippen LogP contribution in [0.1, 0.15) is 10.5 Å². The molecule has 0 aliphatic heterocycles. The number of H-pyrrole nitrogens is 1. The molecular weight excluding hydrogens is 184 g/mol. The lowest BCUT2D eigenvalue weighted by Gasteiger charge is -1.92. The fourth-order valence-corrected chi connectivity index (χ4v) is 1.23. The number of fused-ring (bicyclic) bond motifs is 1. The van der Waals surface area contributed by atoms with Crippen LogP contribution in [0.4, 0.5) is 0 Å². The first-order valence-electron chi connectivity index (χ1n) is 4.00. The molecule has 5 heteroatoms. The molecule has 0 fully saturated rings. The third-order valence-electron chi connectivity index (χ3n) is 1.89. The van der Waals surface area contributed by atoms with Gasteiger partial charge < -0.3 is 4.74 Å². The predicted octanol–water partition coefficient (Wildman–Crippen LogP) is 0.414. The van der Waals surface area contributed by atoms with Gasteiger partial charge in [-0.15, -0.1) is 0 Å². The zero-order valence-corrected chi connectivity index (χ0v) is 7.48. The summed E-state index contributed by atoms with van der Waals surface area (Å²) in [5, 5.41) is 2.78. The number of carbonyl (C=O) groups is 1. The zero-order valence-electron chi connectivity index (χ0n) is 7.48. The van der Waals surface area contributed by atoms with Gasteiger partial charge in [-0.25, -0.2) is 4.79 Å². The number of methoxy groups -OCH3 is 1. The maximum Gasteiger partial charge on any atom is 0.356 e. The molecule has 1 N–H and O–H groups in total. The van der Waals surface area contributed by atoms with Crippen LogP contribution >= 0.6 is 0 Å². The van der Waals surface area contributed by atoms with E-state index in [2.05, 4.69) is 9.84 Å². The van der Waals surface area contributed by atoms with Crippen molar-refractivity contribution in [2.75, 3.05) is 7.11 Å². The summed E-state index contributed by atoms with van der Waals surface area (Å²) < 4.78 is 6.11. The van der Waals surface area contributed by atoms with Crippen LogP contribution in [0.3, 0.4) is 0 Å². The molecule has 5 nitrogen and oxygen atoms in total. The van der Waals surface area contributed by atoms with Crippen LogP contribution in [0.25, 0.3) is 5.52 Å². The number of pyridine rings is 1. The highest BCUT2D eigenvalue weighted by atomic mass is 16.5. The third kappa shape index (κ3) is 1.28. The van der Waals surface area contributed by atoms with Crippen LogP contribution in [-0.2, 0) is 4.74 Å². The van der Waals surface area contributed by atoms with Crippen molar-refractivity contribution in [1.29, 1.82) is 0 Å². The summed E-state index contributed by atoms with van der Waals surface area (Å²) in [4.78, 5) is 22.1. The SMILES string of the molecule is COC(=O)c1cc2cc(=O)ccn2[nH]1. The molecule has 2 heterocycles. The fourth-order valence-electron chi connectivity index (χ4n) is 1.23. The van der Waals surface area contributed by atoms with Crippen LogP contribution in [0.5, 0.6) is 0 Å². The quantitative estimate of drug-likeness (QED) is 0.666. The molecule has 0 saturated heterocycles. The Labute approximate surface area is 78.9 Å². The van der Waals surface area contributed by atoms with Crippen molar-refractivity contribution < 1.29 is 9.53 Å². The van der Waals surface area contributed by atoms with E-state index in [-0.39, 0.29) is 5.43 Å². The number of rotatable bonds is 1. The molecule has 0 bridgehead atoms. The lowest BCUT2D eigenvalue weighted by molar-refractivity contribution is 0.0593. The van der Waals surface area contributed by atoms with E-state index in [0.717, 1.165) is 0 Å². The van der Waals surface area contributed by atoms with Crippen LogP contribution in [-0.4, -0.2) is 22.7 Å². The molecule has 0 spiro atoms. The summed E-state index contributed by atoms with van der Waals surface area (Å²) in [6.45, 7) is 0. The van der Waals surface area contributed by atoms with Gasteiger partial charge in [0.25, 0.3) is 0 Å². The molecule has 0 atom stereocenters. The second-order valence-corrected chi connectivity index (χ2v) is 2.82. The monoisotopic (exact) mass is 192 g/mol. The number of esters is 1. The van der Waals surface area contributed by atoms with Crippen LogP contribution < -0.4 is 5.43 Å². The van der Waals surface area contributed by atoms with E-state index in [1.807, 2.05) is 0 Å². The van der Waals surface area contributed by atoms with Gasteiger partial charge in [0.05, 0.1) is 12.6 Å². The normalized spacial score (nSPS) is 10.4. The minimum atomic E-state index is -0.457. The first-order valence-corrected chi connectivity index (χ1v) is 4.00. The van der Waals surface area contributed by atoms with Gasteiger partial charge in [0.1, 0.15) is 5.69 Å². The fraction of sp³-hybridized carbons (Fsp3) is 0.111. The Morgan fingerprint density at radius 2 is 2.29 bits per heavy atom. The molecule has 0 aliphatic rings. The first kappa shape index (κ1) is 8.55. The van der Waals surface area contributed by atoms with Crippen molar-refractivity contribution in [3.8, 4) is 0 Å². The number of hydrogen-bond acceptors (Lipinski definition) is 3. The number of carbonyl (C=O) groups excluding carboxylic acids is 1. The molecule has 72 valence electrons. The summed E-state index contributed by atoms with van der Waals surface area (Å²) in [7, 11) is 1.30. The van der Waals surface area contributed by atoms with Crippen LogP contribution in [0.2, 0.25) is 0 Å². The number of nitrogens with one attached hydrogen (secondary N) is 1. The van der Waals surface area contributed by atoms with Gasteiger partial charge in [-0.3, -0.25) is 14.4 Å². The summed E-state index contributed by atoms with van der Waals surface area (Å²) in [6.07, 6.45) is 1.56. The zero-order chi connectivity index (χ0) is 10.1. The Bertz CT molecular complexity index is 538. The predicted molar refractivity (Wildman–Crippen MR) is 49.4 cm³/mol. The molecular formula is C9H8N2O3. The molecule has 0 radical (unpaired) electrons. The van der Waals surface area contributed by atoms with Gasteiger partial charge in [-0.1, -0.05) is 0 Å². The molecule has 2 rings (SSSR count). The number of aromatic amines is 1. The Morgan fingerprint density at radius 1 is 1.50 bits per heavy atom. The van der Waals surface area contributed by atoms with Gasteiger partial charge in [-0.2, -0.15) is 0 Å². The number of aromatic nitrogens is 2. The van der Waals surface area contributed by atoms with E-state index < -0.39 is 5.97 Å². The van der Waals surface area contributed by atoms with Gasteiger partial charge in [0, 0.05) is 18.3 Å². The summed E-state index contributed by atoms with van der Waals surface area (Å²) in [5.74, 6) is -0.457. The standard InChI is InChI=1S/C9H8N2O3/c1-14-9(13)8-5-6-4-7(12)2-3-11(6)10-8/h2-5,10H,1H3. The van der Waals surface area contributed by atoms with Crippen molar-refractivity contribution in [1.82, 2.24) is 9.61 Å². The Hall–Kier alpha value is -2.04. The minimum Gasteiger partial charge on any atom is -0.464 e.